The Bertz CT molecular complexity index is 643. The number of amides is 1. The summed E-state index contributed by atoms with van der Waals surface area (Å²) in [7, 11) is 0. The van der Waals surface area contributed by atoms with E-state index in [4.69, 9.17) is 10.8 Å². The van der Waals surface area contributed by atoms with Gasteiger partial charge in [-0.25, -0.2) is 0 Å². The van der Waals surface area contributed by atoms with Crippen LogP contribution in [0.3, 0.4) is 0 Å². The monoisotopic (exact) mass is 467 g/mol. The smallest absolute Gasteiger partial charge is 0.241 e. The second-order valence-corrected chi connectivity index (χ2v) is 8.80. The molecule has 33 heavy (non-hydrogen) atoms. The van der Waals surface area contributed by atoms with Crippen LogP contribution < -0.4 is 11.1 Å². The van der Waals surface area contributed by atoms with E-state index in [0.717, 1.165) is 44.5 Å². The fourth-order valence-corrected chi connectivity index (χ4v) is 3.63. The van der Waals surface area contributed by atoms with Gasteiger partial charge in [-0.2, -0.15) is 0 Å². The van der Waals surface area contributed by atoms with Crippen LogP contribution in [0.4, 0.5) is 5.69 Å². The molecule has 8 nitrogen and oxygen atoms in total. The normalized spacial score (nSPS) is 15.3. The van der Waals surface area contributed by atoms with Crippen molar-refractivity contribution in [2.45, 2.75) is 89.6 Å². The van der Waals surface area contributed by atoms with Crippen LogP contribution in [-0.2, 0) is 11.2 Å². The maximum atomic E-state index is 11.9. The molecule has 1 rings (SSSR count). The van der Waals surface area contributed by atoms with Crippen LogP contribution in [0.5, 0.6) is 0 Å². The topological polar surface area (TPSA) is 139 Å². The SMILES string of the molecule is CCCCCCN(CCCc1ccc(NC(=O)C(N)CC)cc1)CC[C@@H](O)[C@H](O)[C@H](O)CO. The molecule has 190 valence electrons. The molecule has 7 N–H and O–H groups in total. The van der Waals surface area contributed by atoms with Gasteiger partial charge in [0.25, 0.3) is 0 Å². The number of aliphatic hydroxyl groups excluding tert-OH is 4. The van der Waals surface area contributed by atoms with E-state index in [-0.39, 0.29) is 5.91 Å². The average Bonchev–Trinajstić information content (AvgIpc) is 2.83. The van der Waals surface area contributed by atoms with Gasteiger partial charge in [-0.3, -0.25) is 4.79 Å². The van der Waals surface area contributed by atoms with E-state index < -0.39 is 31.0 Å². The molecule has 0 spiro atoms. The number of aliphatic hydroxyl groups is 4. The van der Waals surface area contributed by atoms with E-state index in [1.807, 2.05) is 31.2 Å². The number of nitrogens with zero attached hydrogens (tertiary/aromatic N) is 1. The lowest BCUT2D eigenvalue weighted by Gasteiger charge is -2.26. The van der Waals surface area contributed by atoms with Crippen molar-refractivity contribution in [2.24, 2.45) is 5.73 Å². The zero-order valence-corrected chi connectivity index (χ0v) is 20.3. The van der Waals surface area contributed by atoms with Crippen LogP contribution in [0.2, 0.25) is 0 Å². The number of carbonyl (C=O) groups excluding carboxylic acids is 1. The highest BCUT2D eigenvalue weighted by Gasteiger charge is 2.24. The van der Waals surface area contributed by atoms with Crippen molar-refractivity contribution in [3.63, 3.8) is 0 Å². The van der Waals surface area contributed by atoms with Gasteiger partial charge in [-0.1, -0.05) is 45.2 Å². The molecule has 0 aliphatic carbocycles. The average molecular weight is 468 g/mol. The molecule has 0 heterocycles. The van der Waals surface area contributed by atoms with Gasteiger partial charge in [0.1, 0.15) is 12.2 Å². The molecular weight excluding hydrogens is 422 g/mol. The molecule has 1 unspecified atom stereocenters. The van der Waals surface area contributed by atoms with Gasteiger partial charge in [-0.05, 0) is 62.9 Å². The number of aryl methyl sites for hydroxylation is 1. The van der Waals surface area contributed by atoms with Crippen LogP contribution in [-0.4, -0.2) is 81.8 Å². The number of hydrogen-bond donors (Lipinski definition) is 6. The number of hydrogen-bond acceptors (Lipinski definition) is 7. The number of nitrogens with one attached hydrogen (secondary N) is 1. The van der Waals surface area contributed by atoms with Gasteiger partial charge in [0.05, 0.1) is 18.8 Å². The molecule has 0 saturated carbocycles. The van der Waals surface area contributed by atoms with Gasteiger partial charge in [0.15, 0.2) is 0 Å². The Morgan fingerprint density at radius 2 is 1.64 bits per heavy atom. The number of rotatable bonds is 18. The third kappa shape index (κ3) is 11.9. The van der Waals surface area contributed by atoms with Crippen LogP contribution in [0.15, 0.2) is 24.3 Å². The van der Waals surface area contributed by atoms with Crippen LogP contribution in [0.1, 0.15) is 64.4 Å². The molecule has 1 amide bonds. The summed E-state index contributed by atoms with van der Waals surface area (Å²) in [5.74, 6) is -0.178. The van der Waals surface area contributed by atoms with Crippen molar-refractivity contribution in [3.05, 3.63) is 29.8 Å². The first kappa shape index (κ1) is 29.5. The third-order valence-corrected chi connectivity index (χ3v) is 5.98. The Hall–Kier alpha value is -1.55. The fraction of sp³-hybridized carbons (Fsp3) is 0.720. The second kappa shape index (κ2) is 17.0. The van der Waals surface area contributed by atoms with Crippen LogP contribution in [0, 0.1) is 0 Å². The van der Waals surface area contributed by atoms with Gasteiger partial charge in [0.2, 0.25) is 5.91 Å². The standard InChI is InChI=1S/C25H45N3O5/c1-3-5-6-7-15-28(17-14-22(30)24(32)23(31)18-29)16-8-9-19-10-12-20(13-11-19)27-25(33)21(26)4-2/h10-13,21-24,29-32H,3-9,14-18,26H2,1-2H3,(H,27,33)/t21?,22-,23-,24+/m1/s1. The lowest BCUT2D eigenvalue weighted by Crippen LogP contribution is -2.41. The largest absolute Gasteiger partial charge is 0.394 e. The summed E-state index contributed by atoms with van der Waals surface area (Å²) >= 11 is 0. The van der Waals surface area contributed by atoms with E-state index in [2.05, 4.69) is 17.1 Å². The van der Waals surface area contributed by atoms with Crippen molar-refractivity contribution in [1.82, 2.24) is 4.90 Å². The van der Waals surface area contributed by atoms with Crippen molar-refractivity contribution < 1.29 is 25.2 Å². The Kier molecular flexibility index (Phi) is 15.2. The highest BCUT2D eigenvalue weighted by molar-refractivity contribution is 5.94. The van der Waals surface area contributed by atoms with E-state index in [1.165, 1.54) is 18.4 Å². The zero-order valence-electron chi connectivity index (χ0n) is 20.3. The molecule has 0 radical (unpaired) electrons. The van der Waals surface area contributed by atoms with Crippen molar-refractivity contribution in [3.8, 4) is 0 Å². The predicted molar refractivity (Wildman–Crippen MR) is 132 cm³/mol. The highest BCUT2D eigenvalue weighted by Crippen LogP contribution is 2.13. The molecule has 4 atom stereocenters. The lowest BCUT2D eigenvalue weighted by molar-refractivity contribution is -0.117. The minimum absolute atomic E-state index is 0.178. The summed E-state index contributed by atoms with van der Waals surface area (Å²) in [5.41, 5.74) is 7.67. The lowest BCUT2D eigenvalue weighted by atomic mass is 10.0. The quantitative estimate of drug-likeness (QED) is 0.180. The van der Waals surface area contributed by atoms with Gasteiger partial charge >= 0.3 is 0 Å². The summed E-state index contributed by atoms with van der Waals surface area (Å²) < 4.78 is 0. The Labute approximate surface area is 198 Å². The first-order valence-electron chi connectivity index (χ1n) is 12.3. The summed E-state index contributed by atoms with van der Waals surface area (Å²) in [6.07, 6.45) is 3.63. The first-order chi connectivity index (χ1) is 15.8. The summed E-state index contributed by atoms with van der Waals surface area (Å²) in [6, 6.07) is 7.30. The molecule has 0 fully saturated rings. The summed E-state index contributed by atoms with van der Waals surface area (Å²) in [6.45, 7) is 5.88. The fourth-order valence-electron chi connectivity index (χ4n) is 3.63. The minimum Gasteiger partial charge on any atom is -0.394 e. The number of carbonyl (C=O) groups is 1. The second-order valence-electron chi connectivity index (χ2n) is 8.80. The maximum Gasteiger partial charge on any atom is 0.241 e. The molecule has 1 aromatic rings. The number of unbranched alkanes of at least 4 members (excludes halogenated alkanes) is 3. The zero-order chi connectivity index (χ0) is 24.6. The van der Waals surface area contributed by atoms with Crippen molar-refractivity contribution in [2.75, 3.05) is 31.6 Å². The Morgan fingerprint density at radius 3 is 2.24 bits per heavy atom. The van der Waals surface area contributed by atoms with Gasteiger partial charge in [-0.15, -0.1) is 0 Å². The van der Waals surface area contributed by atoms with E-state index in [9.17, 15) is 20.1 Å². The molecule has 8 heteroatoms. The highest BCUT2D eigenvalue weighted by atomic mass is 16.4. The number of nitrogens with two attached hydrogens (primary N) is 1. The molecule has 0 aliphatic rings. The molecule has 0 aliphatic heterocycles. The van der Waals surface area contributed by atoms with Gasteiger partial charge < -0.3 is 36.4 Å². The predicted octanol–water partition coefficient (Wildman–Crippen LogP) is 1.64. The Balaban J connectivity index is 2.52. The van der Waals surface area contributed by atoms with Gasteiger partial charge in [0, 0.05) is 12.2 Å². The summed E-state index contributed by atoms with van der Waals surface area (Å²) in [5, 5.41) is 41.3. The van der Waals surface area contributed by atoms with Crippen LogP contribution >= 0.6 is 0 Å². The summed E-state index contributed by atoms with van der Waals surface area (Å²) in [4.78, 5) is 14.2. The Morgan fingerprint density at radius 1 is 0.970 bits per heavy atom. The van der Waals surface area contributed by atoms with Crippen molar-refractivity contribution >= 4 is 11.6 Å². The van der Waals surface area contributed by atoms with E-state index >= 15 is 0 Å². The molecule has 1 aromatic carbocycles. The van der Waals surface area contributed by atoms with E-state index in [0.29, 0.717) is 19.4 Å². The van der Waals surface area contributed by atoms with Crippen LogP contribution in [0.25, 0.3) is 0 Å². The first-order valence-corrected chi connectivity index (χ1v) is 12.3. The molecule has 0 saturated heterocycles. The number of benzene rings is 1. The maximum absolute atomic E-state index is 11.9. The van der Waals surface area contributed by atoms with E-state index in [1.54, 1.807) is 0 Å². The molecule has 0 aromatic heterocycles. The van der Waals surface area contributed by atoms with Crippen molar-refractivity contribution in [1.29, 1.82) is 0 Å². The minimum atomic E-state index is -1.34. The third-order valence-electron chi connectivity index (χ3n) is 5.98. The molecule has 0 bridgehead atoms. The molecular formula is C25H45N3O5. The number of anilines is 1.